The summed E-state index contributed by atoms with van der Waals surface area (Å²) in [6.07, 6.45) is 1.66. The van der Waals surface area contributed by atoms with Crippen LogP contribution in [0.15, 0.2) is 11.3 Å². The summed E-state index contributed by atoms with van der Waals surface area (Å²) < 4.78 is 0. The average molecular weight is 279 g/mol. The zero-order valence-electron chi connectivity index (χ0n) is 14.0. The molecule has 0 saturated heterocycles. The number of carbonyl (C=O) groups is 2. The molecule has 0 aliphatic heterocycles. The van der Waals surface area contributed by atoms with Crippen molar-refractivity contribution in [2.75, 3.05) is 0 Å². The predicted octanol–water partition coefficient (Wildman–Crippen LogP) is 3.63. The second-order valence-corrected chi connectivity index (χ2v) is 8.19. The van der Waals surface area contributed by atoms with Crippen LogP contribution in [-0.4, -0.2) is 17.1 Å². The first-order valence-corrected chi connectivity index (χ1v) is 7.49. The number of Topliss-reactive ketones (excluding diaryl/α,β-unsaturated/α-hetero) is 2. The quantitative estimate of drug-likeness (QED) is 0.634. The van der Waals surface area contributed by atoms with Gasteiger partial charge in [0.2, 0.25) is 0 Å². The summed E-state index contributed by atoms with van der Waals surface area (Å²) in [6, 6.07) is 0. The molecule has 1 saturated carbocycles. The molecule has 3 heteroatoms. The lowest BCUT2D eigenvalue weighted by Crippen LogP contribution is -2.40. The molecule has 1 fully saturated rings. The molecule has 0 aromatic heterocycles. The first-order valence-electron chi connectivity index (χ1n) is 7.49. The van der Waals surface area contributed by atoms with E-state index in [9.17, 15) is 9.59 Å². The normalized spacial score (nSPS) is 19.5. The van der Waals surface area contributed by atoms with E-state index in [1.165, 1.54) is 0 Å². The van der Waals surface area contributed by atoms with Crippen LogP contribution in [0.3, 0.4) is 0 Å². The molecule has 1 aliphatic carbocycles. The smallest absolute Gasteiger partial charge is 0.168 e. The molecule has 0 amide bonds. The standard InChI is InChI=1S/C17H29NO2/c1-11(2)8-12(18-16(3,4)5)15-13(19)9-17(6,7)10-14(15)20/h11,18H,8-10H2,1-7H3. The Bertz CT molecular complexity index is 414. The molecular formula is C17H29NO2. The van der Waals surface area contributed by atoms with Crippen LogP contribution in [0.2, 0.25) is 0 Å². The van der Waals surface area contributed by atoms with Gasteiger partial charge in [-0.05, 0) is 38.5 Å². The van der Waals surface area contributed by atoms with Crippen molar-refractivity contribution < 1.29 is 9.59 Å². The Kier molecular flexibility index (Phi) is 4.83. The molecule has 0 aromatic rings. The summed E-state index contributed by atoms with van der Waals surface area (Å²) in [7, 11) is 0. The Morgan fingerprint density at radius 1 is 1.15 bits per heavy atom. The Morgan fingerprint density at radius 3 is 1.95 bits per heavy atom. The van der Waals surface area contributed by atoms with E-state index in [0.29, 0.717) is 24.3 Å². The second kappa shape index (κ2) is 5.71. The van der Waals surface area contributed by atoms with E-state index in [1.807, 2.05) is 13.8 Å². The number of carbonyl (C=O) groups excluding carboxylic acids is 2. The third-order valence-corrected chi connectivity index (χ3v) is 3.28. The van der Waals surface area contributed by atoms with E-state index in [0.717, 1.165) is 12.1 Å². The van der Waals surface area contributed by atoms with Gasteiger partial charge in [0.05, 0.1) is 5.57 Å². The second-order valence-electron chi connectivity index (χ2n) is 8.19. The molecule has 0 heterocycles. The highest BCUT2D eigenvalue weighted by Crippen LogP contribution is 2.35. The number of ketones is 2. The predicted molar refractivity (Wildman–Crippen MR) is 82.4 cm³/mol. The number of rotatable bonds is 3. The monoisotopic (exact) mass is 279 g/mol. The van der Waals surface area contributed by atoms with Crippen molar-refractivity contribution in [2.45, 2.75) is 73.3 Å². The zero-order chi connectivity index (χ0) is 15.7. The van der Waals surface area contributed by atoms with Gasteiger partial charge in [-0.3, -0.25) is 9.59 Å². The minimum absolute atomic E-state index is 0.00125. The summed E-state index contributed by atoms with van der Waals surface area (Å²) >= 11 is 0. The van der Waals surface area contributed by atoms with Gasteiger partial charge in [0.15, 0.2) is 11.6 Å². The van der Waals surface area contributed by atoms with Crippen LogP contribution in [0.4, 0.5) is 0 Å². The minimum atomic E-state index is -0.206. The molecule has 0 unspecified atom stereocenters. The van der Waals surface area contributed by atoms with E-state index in [2.05, 4.69) is 39.9 Å². The molecule has 3 nitrogen and oxygen atoms in total. The van der Waals surface area contributed by atoms with Gasteiger partial charge in [0.1, 0.15) is 0 Å². The van der Waals surface area contributed by atoms with Gasteiger partial charge in [-0.1, -0.05) is 27.7 Å². The molecule has 1 rings (SSSR count). The van der Waals surface area contributed by atoms with Crippen molar-refractivity contribution in [2.24, 2.45) is 11.3 Å². The van der Waals surface area contributed by atoms with Crippen LogP contribution in [0.1, 0.15) is 67.7 Å². The van der Waals surface area contributed by atoms with Crippen molar-refractivity contribution in [3.05, 3.63) is 11.3 Å². The molecule has 1 aliphatic rings. The van der Waals surface area contributed by atoms with Gasteiger partial charge in [-0.25, -0.2) is 0 Å². The third kappa shape index (κ3) is 4.77. The first kappa shape index (κ1) is 16.9. The van der Waals surface area contributed by atoms with E-state index in [1.54, 1.807) is 0 Å². The summed E-state index contributed by atoms with van der Waals surface area (Å²) in [6.45, 7) is 14.3. The number of nitrogens with one attached hydrogen (secondary N) is 1. The summed E-state index contributed by atoms with van der Waals surface area (Å²) in [4.78, 5) is 24.8. The van der Waals surface area contributed by atoms with Gasteiger partial charge in [0, 0.05) is 24.1 Å². The fourth-order valence-corrected chi connectivity index (χ4v) is 2.68. The lowest BCUT2D eigenvalue weighted by Gasteiger charge is -2.32. The van der Waals surface area contributed by atoms with Crippen molar-refractivity contribution in [3.63, 3.8) is 0 Å². The highest BCUT2D eigenvalue weighted by Gasteiger charge is 2.37. The lowest BCUT2D eigenvalue weighted by atomic mass is 9.73. The van der Waals surface area contributed by atoms with Crippen molar-refractivity contribution in [1.29, 1.82) is 0 Å². The van der Waals surface area contributed by atoms with Crippen LogP contribution in [-0.2, 0) is 9.59 Å². The molecule has 0 atom stereocenters. The first-order chi connectivity index (χ1) is 8.91. The Balaban J connectivity index is 3.19. The Morgan fingerprint density at radius 2 is 1.60 bits per heavy atom. The summed E-state index contributed by atoms with van der Waals surface area (Å²) in [5.41, 5.74) is 0.901. The Hall–Kier alpha value is -1.12. The fraction of sp³-hybridized carbons (Fsp3) is 0.765. The van der Waals surface area contributed by atoms with Gasteiger partial charge in [-0.2, -0.15) is 0 Å². The molecular weight excluding hydrogens is 250 g/mol. The molecule has 0 aromatic carbocycles. The van der Waals surface area contributed by atoms with Crippen LogP contribution in [0.25, 0.3) is 0 Å². The van der Waals surface area contributed by atoms with Gasteiger partial charge in [0.25, 0.3) is 0 Å². The maximum atomic E-state index is 12.4. The van der Waals surface area contributed by atoms with E-state index < -0.39 is 0 Å². The lowest BCUT2D eigenvalue weighted by molar-refractivity contribution is -0.127. The molecule has 0 radical (unpaired) electrons. The van der Waals surface area contributed by atoms with Crippen LogP contribution >= 0.6 is 0 Å². The maximum absolute atomic E-state index is 12.4. The maximum Gasteiger partial charge on any atom is 0.168 e. The average Bonchev–Trinajstić information content (AvgIpc) is 2.08. The SMILES string of the molecule is CC(C)CC(NC(C)(C)C)=C1C(=O)CC(C)(C)CC1=O. The molecule has 0 spiro atoms. The fourth-order valence-electron chi connectivity index (χ4n) is 2.68. The topological polar surface area (TPSA) is 46.2 Å². The van der Waals surface area contributed by atoms with Crippen LogP contribution < -0.4 is 5.32 Å². The van der Waals surface area contributed by atoms with Crippen molar-refractivity contribution in [1.82, 2.24) is 5.32 Å². The Labute approximate surface area is 123 Å². The molecule has 1 N–H and O–H groups in total. The van der Waals surface area contributed by atoms with E-state index in [-0.39, 0.29) is 22.5 Å². The number of allylic oxidation sites excluding steroid dienone is 2. The highest BCUT2D eigenvalue weighted by atomic mass is 16.2. The summed E-state index contributed by atoms with van der Waals surface area (Å²) in [5.74, 6) is 0.403. The zero-order valence-corrected chi connectivity index (χ0v) is 14.0. The molecule has 0 bridgehead atoms. The molecule has 20 heavy (non-hydrogen) atoms. The van der Waals surface area contributed by atoms with Crippen LogP contribution in [0, 0.1) is 11.3 Å². The minimum Gasteiger partial charge on any atom is -0.383 e. The van der Waals surface area contributed by atoms with Crippen LogP contribution in [0.5, 0.6) is 0 Å². The van der Waals surface area contributed by atoms with Gasteiger partial charge < -0.3 is 5.32 Å². The van der Waals surface area contributed by atoms with Crippen molar-refractivity contribution >= 4 is 11.6 Å². The number of hydrogen-bond donors (Lipinski definition) is 1. The van der Waals surface area contributed by atoms with Crippen molar-refractivity contribution in [3.8, 4) is 0 Å². The third-order valence-electron chi connectivity index (χ3n) is 3.28. The number of hydrogen-bond acceptors (Lipinski definition) is 3. The van der Waals surface area contributed by atoms with Gasteiger partial charge in [-0.15, -0.1) is 0 Å². The van der Waals surface area contributed by atoms with E-state index >= 15 is 0 Å². The largest absolute Gasteiger partial charge is 0.383 e. The van der Waals surface area contributed by atoms with Gasteiger partial charge >= 0.3 is 0 Å². The summed E-state index contributed by atoms with van der Waals surface area (Å²) in [5, 5.41) is 3.38. The van der Waals surface area contributed by atoms with E-state index in [4.69, 9.17) is 0 Å². The molecule has 114 valence electrons. The highest BCUT2D eigenvalue weighted by molar-refractivity contribution is 6.22.